The lowest BCUT2D eigenvalue weighted by Gasteiger charge is -2.21. The number of benzene rings is 1. The molecule has 3 heterocycles. The van der Waals surface area contributed by atoms with Crippen LogP contribution in [0.4, 0.5) is 27.8 Å². The third kappa shape index (κ3) is 5.03. The van der Waals surface area contributed by atoms with Gasteiger partial charge in [0.05, 0.1) is 30.1 Å². The second-order valence-electron chi connectivity index (χ2n) is 8.42. The van der Waals surface area contributed by atoms with E-state index < -0.39 is 53.3 Å². The van der Waals surface area contributed by atoms with Gasteiger partial charge in [-0.2, -0.15) is 13.2 Å². The zero-order valence-electron chi connectivity index (χ0n) is 19.6. The largest absolute Gasteiger partial charge is 0.408 e. The van der Waals surface area contributed by atoms with Crippen LogP contribution in [0, 0.1) is 11.6 Å². The molecular formula is C24H21F5N4O4. The highest BCUT2D eigenvalue weighted by molar-refractivity contribution is 5.99. The van der Waals surface area contributed by atoms with Gasteiger partial charge in [0.1, 0.15) is 29.1 Å². The third-order valence-corrected chi connectivity index (χ3v) is 6.06. The van der Waals surface area contributed by atoms with Crippen molar-refractivity contribution < 1.29 is 36.3 Å². The Hall–Kier alpha value is -3.87. The lowest BCUT2D eigenvalue weighted by Crippen LogP contribution is -2.46. The monoisotopic (exact) mass is 524 g/mol. The molecule has 0 bridgehead atoms. The van der Waals surface area contributed by atoms with Crippen molar-refractivity contribution in [1.82, 2.24) is 14.9 Å². The van der Waals surface area contributed by atoms with Crippen LogP contribution in [0.25, 0.3) is 16.7 Å². The number of amides is 2. The summed E-state index contributed by atoms with van der Waals surface area (Å²) in [4.78, 5) is 44.0. The molecule has 2 amide bonds. The maximum atomic E-state index is 14.8. The number of halogens is 5. The average Bonchev–Trinajstić information content (AvgIpc) is 3.23. The van der Waals surface area contributed by atoms with E-state index in [0.29, 0.717) is 6.07 Å². The van der Waals surface area contributed by atoms with Gasteiger partial charge in [-0.05, 0) is 30.7 Å². The van der Waals surface area contributed by atoms with Gasteiger partial charge in [0, 0.05) is 19.4 Å². The standard InChI is InChI=1S/C24H21F5N4O4/c1-3-18(24(27,28)29)30-23(36)15-11-32(17-6-4-12(25)8-16(17)26)22-14(21(15)35)5-7-19(31-22)33-10-13(37-2)9-20(33)34/h4-8,11,13,18H,3,9-10H2,1-2H3,(H,30,36). The number of nitrogens with zero attached hydrogens (tertiary/aromatic N) is 3. The highest BCUT2D eigenvalue weighted by atomic mass is 19.4. The van der Waals surface area contributed by atoms with Crippen LogP contribution >= 0.6 is 0 Å². The number of anilines is 1. The van der Waals surface area contributed by atoms with Gasteiger partial charge >= 0.3 is 6.18 Å². The summed E-state index contributed by atoms with van der Waals surface area (Å²) in [6.07, 6.45) is -4.71. The minimum absolute atomic E-state index is 0.0898. The van der Waals surface area contributed by atoms with E-state index in [1.165, 1.54) is 31.1 Å². The second-order valence-corrected chi connectivity index (χ2v) is 8.42. The highest BCUT2D eigenvalue weighted by Gasteiger charge is 2.40. The van der Waals surface area contributed by atoms with E-state index in [4.69, 9.17) is 4.74 Å². The fourth-order valence-electron chi connectivity index (χ4n) is 4.07. The Morgan fingerprint density at radius 2 is 1.95 bits per heavy atom. The quantitative estimate of drug-likeness (QED) is 0.499. The number of carbonyl (C=O) groups is 2. The number of methoxy groups -OCH3 is 1. The first-order chi connectivity index (χ1) is 17.4. The first kappa shape index (κ1) is 26.2. The maximum absolute atomic E-state index is 14.8. The first-order valence-corrected chi connectivity index (χ1v) is 11.2. The lowest BCUT2D eigenvalue weighted by atomic mass is 10.1. The van der Waals surface area contributed by atoms with Crippen molar-refractivity contribution in [3.63, 3.8) is 0 Å². The second kappa shape index (κ2) is 9.88. The van der Waals surface area contributed by atoms with E-state index in [1.54, 1.807) is 5.32 Å². The number of hydrogen-bond donors (Lipinski definition) is 1. The summed E-state index contributed by atoms with van der Waals surface area (Å²) >= 11 is 0. The van der Waals surface area contributed by atoms with E-state index in [0.717, 1.165) is 22.9 Å². The van der Waals surface area contributed by atoms with Crippen molar-refractivity contribution in [3.8, 4) is 5.69 Å². The molecule has 0 aliphatic carbocycles. The maximum Gasteiger partial charge on any atom is 0.408 e. The van der Waals surface area contributed by atoms with Crippen LogP contribution in [0.2, 0.25) is 0 Å². The predicted molar refractivity (Wildman–Crippen MR) is 123 cm³/mol. The topological polar surface area (TPSA) is 93.5 Å². The van der Waals surface area contributed by atoms with Gasteiger partial charge in [0.2, 0.25) is 11.3 Å². The van der Waals surface area contributed by atoms with Gasteiger partial charge in [0.25, 0.3) is 5.91 Å². The van der Waals surface area contributed by atoms with E-state index in [-0.39, 0.29) is 41.4 Å². The normalized spacial score (nSPS) is 16.9. The minimum atomic E-state index is -4.76. The molecular weight excluding hydrogens is 503 g/mol. The molecule has 2 unspecified atom stereocenters. The number of carbonyl (C=O) groups excluding carboxylic acids is 2. The molecule has 1 aromatic carbocycles. The number of pyridine rings is 2. The minimum Gasteiger partial charge on any atom is -0.379 e. The number of aromatic nitrogens is 2. The van der Waals surface area contributed by atoms with E-state index >= 15 is 0 Å². The summed E-state index contributed by atoms with van der Waals surface area (Å²) < 4.78 is 74.2. The summed E-state index contributed by atoms with van der Waals surface area (Å²) in [7, 11) is 1.44. The molecule has 13 heteroatoms. The van der Waals surface area contributed by atoms with Crippen LogP contribution in [-0.2, 0) is 9.53 Å². The third-order valence-electron chi connectivity index (χ3n) is 6.06. The fourth-order valence-corrected chi connectivity index (χ4v) is 4.07. The zero-order valence-corrected chi connectivity index (χ0v) is 19.6. The Morgan fingerprint density at radius 3 is 2.54 bits per heavy atom. The number of alkyl halides is 3. The Bertz CT molecular complexity index is 1440. The van der Waals surface area contributed by atoms with Crippen LogP contribution < -0.4 is 15.6 Å². The van der Waals surface area contributed by atoms with Gasteiger partial charge in [-0.1, -0.05) is 6.92 Å². The Balaban J connectivity index is 1.91. The molecule has 1 fully saturated rings. The summed E-state index contributed by atoms with van der Waals surface area (Å²) in [5, 5.41) is 1.56. The molecule has 1 aliphatic heterocycles. The molecule has 3 aromatic rings. The molecule has 37 heavy (non-hydrogen) atoms. The fraction of sp³-hybridized carbons (Fsp3) is 0.333. The smallest absolute Gasteiger partial charge is 0.379 e. The van der Waals surface area contributed by atoms with Gasteiger partial charge in [-0.25, -0.2) is 13.8 Å². The molecule has 1 saturated heterocycles. The van der Waals surface area contributed by atoms with Crippen LogP contribution in [0.3, 0.4) is 0 Å². The molecule has 1 aliphatic rings. The summed E-state index contributed by atoms with van der Waals surface area (Å²) in [6, 6.07) is 2.86. The van der Waals surface area contributed by atoms with E-state index in [1.807, 2.05) is 0 Å². The van der Waals surface area contributed by atoms with Gasteiger partial charge in [0.15, 0.2) is 5.65 Å². The van der Waals surface area contributed by atoms with E-state index in [9.17, 15) is 36.3 Å². The number of nitrogens with one attached hydrogen (secondary N) is 1. The van der Waals surface area contributed by atoms with Gasteiger partial charge < -0.3 is 10.1 Å². The molecule has 0 saturated carbocycles. The van der Waals surface area contributed by atoms with Crippen LogP contribution in [0.15, 0.2) is 41.3 Å². The molecule has 1 N–H and O–H groups in total. The van der Waals surface area contributed by atoms with Gasteiger partial charge in [-0.15, -0.1) is 0 Å². The first-order valence-electron chi connectivity index (χ1n) is 11.2. The zero-order chi connectivity index (χ0) is 27.1. The van der Waals surface area contributed by atoms with Crippen LogP contribution in [-0.4, -0.2) is 53.3 Å². The van der Waals surface area contributed by atoms with Crippen molar-refractivity contribution in [2.45, 2.75) is 38.1 Å². The average molecular weight is 524 g/mol. The summed E-state index contributed by atoms with van der Waals surface area (Å²) in [6.45, 7) is 1.38. The molecule has 4 rings (SSSR count). The van der Waals surface area contributed by atoms with E-state index in [2.05, 4.69) is 4.98 Å². The molecule has 2 aromatic heterocycles. The summed E-state index contributed by atoms with van der Waals surface area (Å²) in [5.41, 5.74) is -2.17. The molecule has 0 radical (unpaired) electrons. The molecule has 2 atom stereocenters. The van der Waals surface area contributed by atoms with Gasteiger partial charge in [-0.3, -0.25) is 23.9 Å². The number of rotatable bonds is 6. The Morgan fingerprint density at radius 1 is 1.22 bits per heavy atom. The Kier molecular flexibility index (Phi) is 7.00. The van der Waals surface area contributed by atoms with Crippen molar-refractivity contribution >= 4 is 28.7 Å². The SMILES string of the molecule is CCC(NC(=O)c1cn(-c2ccc(F)cc2F)c2nc(N3CC(OC)CC3=O)ccc2c1=O)C(F)(F)F. The molecule has 196 valence electrons. The molecule has 8 nitrogen and oxygen atoms in total. The number of fused-ring (bicyclic) bond motifs is 1. The van der Waals surface area contributed by atoms with Crippen molar-refractivity contribution in [2.75, 3.05) is 18.6 Å². The van der Waals surface area contributed by atoms with Crippen LogP contribution in [0.5, 0.6) is 0 Å². The lowest BCUT2D eigenvalue weighted by molar-refractivity contribution is -0.153. The molecule has 0 spiro atoms. The number of ether oxygens (including phenoxy) is 1. The Labute approximate surface area is 206 Å². The number of hydrogen-bond acceptors (Lipinski definition) is 5. The summed E-state index contributed by atoms with van der Waals surface area (Å²) in [5.74, 6) is -3.51. The van der Waals surface area contributed by atoms with Crippen molar-refractivity contribution in [3.05, 3.63) is 63.9 Å². The van der Waals surface area contributed by atoms with Crippen molar-refractivity contribution in [2.24, 2.45) is 0 Å². The predicted octanol–water partition coefficient (Wildman–Crippen LogP) is 3.49. The highest BCUT2D eigenvalue weighted by Crippen LogP contribution is 2.26. The van der Waals surface area contributed by atoms with Crippen molar-refractivity contribution in [1.29, 1.82) is 0 Å². The van der Waals surface area contributed by atoms with Crippen LogP contribution in [0.1, 0.15) is 30.1 Å².